The number of methoxy groups -OCH3 is 1. The van der Waals surface area contributed by atoms with Crippen molar-refractivity contribution in [2.45, 2.75) is 18.7 Å². The lowest BCUT2D eigenvalue weighted by molar-refractivity contribution is 0.409. The fraction of sp³-hybridized carbons (Fsp3) is 0.250. The molecule has 2 rings (SSSR count). The van der Waals surface area contributed by atoms with Gasteiger partial charge in [0, 0.05) is 4.47 Å². The number of ether oxygens (including phenoxy) is 1. The maximum absolute atomic E-state index is 6.56. The lowest BCUT2D eigenvalue weighted by atomic mass is 9.99. The first-order valence-electron chi connectivity index (χ1n) is 6.14. The molecule has 0 spiro atoms. The van der Waals surface area contributed by atoms with Crippen molar-refractivity contribution < 1.29 is 4.74 Å². The van der Waals surface area contributed by atoms with Gasteiger partial charge in [-0.15, -0.1) is 11.6 Å². The Hall–Kier alpha value is -0.990. The summed E-state index contributed by atoms with van der Waals surface area (Å²) < 4.78 is 6.44. The second-order valence-electron chi connectivity index (χ2n) is 4.48. The molecular weight excluding hydrogens is 324 g/mol. The van der Waals surface area contributed by atoms with Crippen LogP contribution in [0.1, 0.15) is 22.1 Å². The SMILES string of the molecule is COc1ccccc1CC(Cl)c1ccc(Br)cc1C. The Labute approximate surface area is 127 Å². The first-order valence-corrected chi connectivity index (χ1v) is 7.36. The normalized spacial score (nSPS) is 12.2. The molecule has 1 atom stereocenters. The maximum atomic E-state index is 6.56. The third-order valence-corrected chi connectivity index (χ3v) is 4.04. The fourth-order valence-corrected chi connectivity index (χ4v) is 3.05. The van der Waals surface area contributed by atoms with E-state index in [1.165, 1.54) is 5.56 Å². The molecule has 0 saturated heterocycles. The van der Waals surface area contributed by atoms with Gasteiger partial charge in [-0.2, -0.15) is 0 Å². The quantitative estimate of drug-likeness (QED) is 0.688. The zero-order chi connectivity index (χ0) is 13.8. The molecule has 0 amide bonds. The molecule has 0 fully saturated rings. The zero-order valence-corrected chi connectivity index (χ0v) is 13.3. The van der Waals surface area contributed by atoms with Crippen molar-refractivity contribution in [3.8, 4) is 5.75 Å². The van der Waals surface area contributed by atoms with Gasteiger partial charge in [0.1, 0.15) is 5.75 Å². The van der Waals surface area contributed by atoms with Crippen LogP contribution in [0.3, 0.4) is 0 Å². The second-order valence-corrected chi connectivity index (χ2v) is 5.93. The smallest absolute Gasteiger partial charge is 0.122 e. The van der Waals surface area contributed by atoms with Crippen LogP contribution < -0.4 is 4.74 Å². The van der Waals surface area contributed by atoms with Crippen LogP contribution in [-0.2, 0) is 6.42 Å². The summed E-state index contributed by atoms with van der Waals surface area (Å²) >= 11 is 10.0. The van der Waals surface area contributed by atoms with Gasteiger partial charge in [0.15, 0.2) is 0 Å². The molecule has 0 heterocycles. The van der Waals surface area contributed by atoms with Crippen molar-refractivity contribution in [2.75, 3.05) is 7.11 Å². The van der Waals surface area contributed by atoms with Crippen LogP contribution in [0, 0.1) is 6.92 Å². The molecule has 100 valence electrons. The zero-order valence-electron chi connectivity index (χ0n) is 11.0. The Morgan fingerprint density at radius 1 is 1.21 bits per heavy atom. The molecule has 0 aromatic heterocycles. The molecule has 0 aliphatic heterocycles. The lowest BCUT2D eigenvalue weighted by Crippen LogP contribution is -2.00. The van der Waals surface area contributed by atoms with Crippen LogP contribution in [0.25, 0.3) is 0 Å². The topological polar surface area (TPSA) is 9.23 Å². The second kappa shape index (κ2) is 6.44. The number of halogens is 2. The molecule has 2 aromatic rings. The van der Waals surface area contributed by atoms with Gasteiger partial charge in [0.05, 0.1) is 12.5 Å². The first-order chi connectivity index (χ1) is 9.11. The highest BCUT2D eigenvalue weighted by Crippen LogP contribution is 2.32. The van der Waals surface area contributed by atoms with Crippen molar-refractivity contribution >= 4 is 27.5 Å². The summed E-state index contributed by atoms with van der Waals surface area (Å²) in [6.45, 7) is 2.08. The molecule has 0 N–H and O–H groups in total. The maximum Gasteiger partial charge on any atom is 0.122 e. The minimum Gasteiger partial charge on any atom is -0.496 e. The van der Waals surface area contributed by atoms with Crippen molar-refractivity contribution in [3.63, 3.8) is 0 Å². The van der Waals surface area contributed by atoms with E-state index >= 15 is 0 Å². The highest BCUT2D eigenvalue weighted by atomic mass is 79.9. The molecule has 19 heavy (non-hydrogen) atoms. The summed E-state index contributed by atoms with van der Waals surface area (Å²) in [5, 5.41) is -0.0515. The number of hydrogen-bond acceptors (Lipinski definition) is 1. The molecule has 0 bridgehead atoms. The number of benzene rings is 2. The van der Waals surface area contributed by atoms with Crippen LogP contribution in [0.5, 0.6) is 5.75 Å². The highest BCUT2D eigenvalue weighted by molar-refractivity contribution is 9.10. The van der Waals surface area contributed by atoms with Gasteiger partial charge in [-0.3, -0.25) is 0 Å². The number of aryl methyl sites for hydroxylation is 1. The van der Waals surface area contributed by atoms with Crippen LogP contribution in [-0.4, -0.2) is 7.11 Å². The Morgan fingerprint density at radius 2 is 1.95 bits per heavy atom. The predicted molar refractivity (Wildman–Crippen MR) is 84.2 cm³/mol. The van der Waals surface area contributed by atoms with Crippen molar-refractivity contribution in [1.82, 2.24) is 0 Å². The van der Waals surface area contributed by atoms with Gasteiger partial charge < -0.3 is 4.74 Å². The van der Waals surface area contributed by atoms with Crippen LogP contribution >= 0.6 is 27.5 Å². The molecule has 3 heteroatoms. The van der Waals surface area contributed by atoms with E-state index in [0.717, 1.165) is 27.8 Å². The van der Waals surface area contributed by atoms with Crippen molar-refractivity contribution in [3.05, 3.63) is 63.6 Å². The summed E-state index contributed by atoms with van der Waals surface area (Å²) in [5.74, 6) is 0.892. The Kier molecular flexibility index (Phi) is 4.89. The van der Waals surface area contributed by atoms with E-state index < -0.39 is 0 Å². The third-order valence-electron chi connectivity index (χ3n) is 3.16. The standard InChI is InChI=1S/C16H16BrClO/c1-11-9-13(17)7-8-14(11)15(18)10-12-5-3-4-6-16(12)19-2/h3-9,15H,10H2,1-2H3. The average molecular weight is 340 g/mol. The largest absolute Gasteiger partial charge is 0.496 e. The van der Waals surface area contributed by atoms with Crippen LogP contribution in [0.4, 0.5) is 0 Å². The summed E-state index contributed by atoms with van der Waals surface area (Å²) in [4.78, 5) is 0. The predicted octanol–water partition coefficient (Wildman–Crippen LogP) is 5.29. The van der Waals surface area contributed by atoms with Gasteiger partial charge in [-0.25, -0.2) is 0 Å². The Morgan fingerprint density at radius 3 is 2.63 bits per heavy atom. The minimum absolute atomic E-state index is 0.0515. The van der Waals surface area contributed by atoms with E-state index in [-0.39, 0.29) is 5.38 Å². The average Bonchev–Trinajstić information content (AvgIpc) is 2.39. The lowest BCUT2D eigenvalue weighted by Gasteiger charge is -2.15. The number of para-hydroxylation sites is 1. The molecular formula is C16H16BrClO. The Balaban J connectivity index is 2.23. The van der Waals surface area contributed by atoms with Gasteiger partial charge in [0.2, 0.25) is 0 Å². The molecule has 0 saturated carbocycles. The van der Waals surface area contributed by atoms with Crippen molar-refractivity contribution in [1.29, 1.82) is 0 Å². The molecule has 1 unspecified atom stereocenters. The minimum atomic E-state index is -0.0515. The third kappa shape index (κ3) is 3.52. The molecule has 2 aromatic carbocycles. The van der Waals surface area contributed by atoms with Gasteiger partial charge in [0.25, 0.3) is 0 Å². The first kappa shape index (κ1) is 14.4. The number of hydrogen-bond donors (Lipinski definition) is 0. The number of alkyl halides is 1. The van der Waals surface area contributed by atoms with Crippen LogP contribution in [0.15, 0.2) is 46.9 Å². The summed E-state index contributed by atoms with van der Waals surface area (Å²) in [5.41, 5.74) is 3.49. The molecule has 0 aliphatic carbocycles. The Bertz CT molecular complexity index is 568. The monoisotopic (exact) mass is 338 g/mol. The summed E-state index contributed by atoms with van der Waals surface area (Å²) in [6.07, 6.45) is 0.758. The summed E-state index contributed by atoms with van der Waals surface area (Å²) in [6, 6.07) is 14.2. The van der Waals surface area contributed by atoms with Gasteiger partial charge in [-0.05, 0) is 48.2 Å². The number of rotatable bonds is 4. The molecule has 0 aliphatic rings. The highest BCUT2D eigenvalue weighted by Gasteiger charge is 2.14. The van der Waals surface area contributed by atoms with E-state index in [4.69, 9.17) is 16.3 Å². The van der Waals surface area contributed by atoms with Gasteiger partial charge >= 0.3 is 0 Å². The fourth-order valence-electron chi connectivity index (χ4n) is 2.17. The molecule has 0 radical (unpaired) electrons. The molecule has 1 nitrogen and oxygen atoms in total. The van der Waals surface area contributed by atoms with Crippen molar-refractivity contribution in [2.24, 2.45) is 0 Å². The van der Waals surface area contributed by atoms with E-state index in [1.54, 1.807) is 7.11 Å². The van der Waals surface area contributed by atoms with E-state index in [2.05, 4.69) is 41.1 Å². The van der Waals surface area contributed by atoms with E-state index in [1.807, 2.05) is 24.3 Å². The van der Waals surface area contributed by atoms with E-state index in [9.17, 15) is 0 Å². The summed E-state index contributed by atoms with van der Waals surface area (Å²) in [7, 11) is 1.69. The van der Waals surface area contributed by atoms with E-state index in [0.29, 0.717) is 0 Å². The van der Waals surface area contributed by atoms with Gasteiger partial charge in [-0.1, -0.05) is 40.2 Å². The van der Waals surface area contributed by atoms with Crippen LogP contribution in [0.2, 0.25) is 0 Å².